The quantitative estimate of drug-likeness (QED) is 0.659. The van der Waals surface area contributed by atoms with Gasteiger partial charge in [0.05, 0.1) is 24.6 Å². The van der Waals surface area contributed by atoms with E-state index in [1.807, 2.05) is 0 Å². The second kappa shape index (κ2) is 8.77. The van der Waals surface area contributed by atoms with E-state index in [0.29, 0.717) is 10.9 Å². The number of tetrazole rings is 1. The zero-order valence-electron chi connectivity index (χ0n) is 14.6. The van der Waals surface area contributed by atoms with Gasteiger partial charge >= 0.3 is 6.18 Å². The second-order valence-corrected chi connectivity index (χ2v) is 7.37. The zero-order valence-corrected chi connectivity index (χ0v) is 15.4. The van der Waals surface area contributed by atoms with Crippen LogP contribution in [0.3, 0.4) is 0 Å². The molecule has 2 aromatic rings. The summed E-state index contributed by atoms with van der Waals surface area (Å²) in [5.41, 5.74) is 0. The molecular formula is C16H20F3N5O2S. The Morgan fingerprint density at radius 3 is 2.78 bits per heavy atom. The third-order valence-electron chi connectivity index (χ3n) is 4.36. The molecule has 27 heavy (non-hydrogen) atoms. The van der Waals surface area contributed by atoms with Gasteiger partial charge < -0.3 is 9.32 Å². The largest absolute Gasteiger partial charge is 0.467 e. The summed E-state index contributed by atoms with van der Waals surface area (Å²) in [7, 11) is 0. The van der Waals surface area contributed by atoms with Crippen LogP contribution in [0.2, 0.25) is 0 Å². The van der Waals surface area contributed by atoms with Gasteiger partial charge in [-0.1, -0.05) is 31.0 Å². The summed E-state index contributed by atoms with van der Waals surface area (Å²) in [4.78, 5) is 13.2. The third kappa shape index (κ3) is 5.72. The molecule has 0 bridgehead atoms. The fourth-order valence-electron chi connectivity index (χ4n) is 3.09. The molecule has 1 fully saturated rings. The molecule has 3 rings (SSSR count). The Kier molecular flexibility index (Phi) is 6.40. The molecule has 1 amide bonds. The minimum Gasteiger partial charge on any atom is -0.467 e. The Morgan fingerprint density at radius 1 is 1.33 bits per heavy atom. The van der Waals surface area contributed by atoms with E-state index in [-0.39, 0.29) is 18.3 Å². The van der Waals surface area contributed by atoms with Crippen LogP contribution >= 0.6 is 11.8 Å². The molecule has 2 heterocycles. The number of rotatable bonds is 7. The monoisotopic (exact) mass is 403 g/mol. The van der Waals surface area contributed by atoms with Crippen molar-refractivity contribution >= 4 is 17.7 Å². The first kappa shape index (κ1) is 19.7. The van der Waals surface area contributed by atoms with Crippen LogP contribution in [0.15, 0.2) is 28.0 Å². The van der Waals surface area contributed by atoms with Crippen LogP contribution in [-0.2, 0) is 11.3 Å². The summed E-state index contributed by atoms with van der Waals surface area (Å²) in [6.45, 7) is -1.57. The Hall–Kier alpha value is -2.04. The lowest BCUT2D eigenvalue weighted by molar-refractivity contribution is -0.161. The predicted molar refractivity (Wildman–Crippen MR) is 90.8 cm³/mol. The number of halogens is 3. The molecule has 0 aromatic carbocycles. The summed E-state index contributed by atoms with van der Waals surface area (Å²) in [5, 5.41) is 12.0. The lowest BCUT2D eigenvalue weighted by Gasteiger charge is -2.23. The molecule has 7 nitrogen and oxygen atoms in total. The van der Waals surface area contributed by atoms with Crippen molar-refractivity contribution < 1.29 is 22.4 Å². The number of thioether (sulfide) groups is 1. The van der Waals surface area contributed by atoms with Crippen molar-refractivity contribution in [2.45, 2.75) is 56.0 Å². The summed E-state index contributed by atoms with van der Waals surface area (Å²) in [6.07, 6.45) is 2.16. The normalized spacial score (nSPS) is 15.8. The van der Waals surface area contributed by atoms with Crippen LogP contribution < -0.4 is 0 Å². The number of nitrogens with zero attached hydrogens (tertiary/aromatic N) is 5. The summed E-state index contributed by atoms with van der Waals surface area (Å²) < 4.78 is 45.3. The molecule has 1 saturated carbocycles. The average molecular weight is 403 g/mol. The Bertz CT molecular complexity index is 729. The smallest absolute Gasteiger partial charge is 0.406 e. The molecule has 0 N–H and O–H groups in total. The molecule has 0 radical (unpaired) electrons. The number of carbonyl (C=O) groups is 1. The van der Waals surface area contributed by atoms with E-state index in [4.69, 9.17) is 4.42 Å². The van der Waals surface area contributed by atoms with Crippen molar-refractivity contribution in [1.82, 2.24) is 25.1 Å². The molecule has 0 atom stereocenters. The summed E-state index contributed by atoms with van der Waals surface area (Å²) in [5.74, 6) is -0.527. The van der Waals surface area contributed by atoms with Crippen LogP contribution in [0.25, 0.3) is 0 Å². The van der Waals surface area contributed by atoms with Crippen LogP contribution in [0.5, 0.6) is 0 Å². The van der Waals surface area contributed by atoms with Crippen LogP contribution in [0, 0.1) is 0 Å². The van der Waals surface area contributed by atoms with Crippen molar-refractivity contribution in [3.8, 4) is 0 Å². The van der Waals surface area contributed by atoms with Crippen molar-refractivity contribution in [2.75, 3.05) is 12.3 Å². The number of amides is 1. The first-order valence-electron chi connectivity index (χ1n) is 8.70. The van der Waals surface area contributed by atoms with Gasteiger partial charge in [0.2, 0.25) is 11.1 Å². The van der Waals surface area contributed by atoms with Crippen LogP contribution in [-0.4, -0.2) is 49.5 Å². The van der Waals surface area contributed by atoms with E-state index in [9.17, 15) is 18.0 Å². The van der Waals surface area contributed by atoms with Gasteiger partial charge in [-0.3, -0.25) is 4.79 Å². The highest BCUT2D eigenvalue weighted by molar-refractivity contribution is 7.99. The number of hydrogen-bond donors (Lipinski definition) is 0. The van der Waals surface area contributed by atoms with Gasteiger partial charge in [-0.2, -0.15) is 13.2 Å². The Labute approximate surface area is 158 Å². The maximum Gasteiger partial charge on any atom is 0.406 e. The number of furan rings is 1. The van der Waals surface area contributed by atoms with E-state index in [0.717, 1.165) is 42.3 Å². The Balaban J connectivity index is 1.63. The minimum absolute atomic E-state index is 0.177. The lowest BCUT2D eigenvalue weighted by Crippen LogP contribution is -2.39. The van der Waals surface area contributed by atoms with E-state index in [2.05, 4.69) is 15.5 Å². The highest BCUT2D eigenvalue weighted by atomic mass is 32.2. The van der Waals surface area contributed by atoms with Crippen molar-refractivity contribution in [3.05, 3.63) is 24.2 Å². The molecule has 0 saturated heterocycles. The van der Waals surface area contributed by atoms with Gasteiger partial charge in [0.25, 0.3) is 0 Å². The molecule has 1 aliphatic rings. The number of aromatic nitrogens is 4. The van der Waals surface area contributed by atoms with Crippen molar-refractivity contribution in [2.24, 2.45) is 0 Å². The van der Waals surface area contributed by atoms with Crippen LogP contribution in [0.4, 0.5) is 13.2 Å². The van der Waals surface area contributed by atoms with E-state index >= 15 is 0 Å². The standard InChI is InChI=1S/C16H20F3N5O2S/c17-16(18,19)11-23(9-13-7-4-8-26-13)14(25)10-27-15-20-21-22-24(15)12-5-2-1-3-6-12/h4,7-8,12H,1-3,5-6,9-11H2. The molecular weight excluding hydrogens is 383 g/mol. The van der Waals surface area contributed by atoms with E-state index in [1.165, 1.54) is 18.8 Å². The number of hydrogen-bond acceptors (Lipinski definition) is 6. The highest BCUT2D eigenvalue weighted by Crippen LogP contribution is 2.30. The molecule has 0 spiro atoms. The first-order valence-corrected chi connectivity index (χ1v) is 9.68. The van der Waals surface area contributed by atoms with Gasteiger partial charge in [0.15, 0.2) is 0 Å². The van der Waals surface area contributed by atoms with Crippen molar-refractivity contribution in [1.29, 1.82) is 0 Å². The third-order valence-corrected chi connectivity index (χ3v) is 5.28. The van der Waals surface area contributed by atoms with Crippen molar-refractivity contribution in [3.63, 3.8) is 0 Å². The summed E-state index contributed by atoms with van der Waals surface area (Å²) >= 11 is 1.06. The first-order chi connectivity index (χ1) is 12.9. The van der Waals surface area contributed by atoms with E-state index in [1.54, 1.807) is 10.7 Å². The lowest BCUT2D eigenvalue weighted by atomic mass is 9.96. The topological polar surface area (TPSA) is 77.1 Å². The van der Waals surface area contributed by atoms with Gasteiger partial charge in [0, 0.05) is 0 Å². The molecule has 11 heteroatoms. The fourth-order valence-corrected chi connectivity index (χ4v) is 3.94. The van der Waals surface area contributed by atoms with Gasteiger partial charge in [0.1, 0.15) is 12.3 Å². The minimum atomic E-state index is -4.49. The van der Waals surface area contributed by atoms with Gasteiger partial charge in [-0.25, -0.2) is 4.68 Å². The second-order valence-electron chi connectivity index (χ2n) is 6.43. The molecule has 0 unspecified atom stereocenters. The highest BCUT2D eigenvalue weighted by Gasteiger charge is 2.33. The molecule has 0 aliphatic heterocycles. The maximum absolute atomic E-state index is 12.8. The average Bonchev–Trinajstić information content (AvgIpc) is 3.30. The van der Waals surface area contributed by atoms with Gasteiger partial charge in [-0.05, 0) is 35.4 Å². The molecule has 1 aliphatic carbocycles. The van der Waals surface area contributed by atoms with Gasteiger partial charge in [-0.15, -0.1) is 5.10 Å². The zero-order chi connectivity index (χ0) is 19.3. The number of alkyl halides is 3. The fraction of sp³-hybridized carbons (Fsp3) is 0.625. The SMILES string of the molecule is O=C(CSc1nnnn1C1CCCCC1)N(Cc1ccco1)CC(F)(F)F. The van der Waals surface area contributed by atoms with Crippen LogP contribution in [0.1, 0.15) is 43.9 Å². The maximum atomic E-state index is 12.8. The molecule has 148 valence electrons. The molecule has 2 aromatic heterocycles. The number of carbonyl (C=O) groups excluding carboxylic acids is 1. The predicted octanol–water partition coefficient (Wildman–Crippen LogP) is 3.45. The van der Waals surface area contributed by atoms with E-state index < -0.39 is 18.6 Å². The summed E-state index contributed by atoms with van der Waals surface area (Å²) in [6, 6.07) is 3.28. The Morgan fingerprint density at radius 2 is 2.11 bits per heavy atom.